The van der Waals surface area contributed by atoms with Gasteiger partial charge in [-0.15, -0.1) is 0 Å². The lowest BCUT2D eigenvalue weighted by Crippen LogP contribution is -2.38. The molecule has 2 atom stereocenters. The average molecular weight is 245 g/mol. The summed E-state index contributed by atoms with van der Waals surface area (Å²) in [5, 5.41) is 2.24. The van der Waals surface area contributed by atoms with Crippen molar-refractivity contribution in [3.8, 4) is 0 Å². The molecule has 0 heterocycles. The number of ether oxygens (including phenoxy) is 2. The standard InChI is InChI=1S/C9H15N3O5/c1-6(11-5-13)8(14)17-7(2)12-9(15)16-4-3-10/h6-7H,3-4,10H2,1-2H3,(H,12,15). The maximum Gasteiger partial charge on any atom is 0.410 e. The topological polar surface area (TPSA) is 120 Å². The molecule has 1 amide bonds. The zero-order valence-electron chi connectivity index (χ0n) is 9.63. The number of nitrogens with two attached hydrogens (primary N) is 1. The van der Waals surface area contributed by atoms with Crippen molar-refractivity contribution in [1.29, 1.82) is 0 Å². The Hall–Kier alpha value is -1.92. The molecule has 8 heteroatoms. The molecule has 0 saturated heterocycles. The minimum atomic E-state index is -0.961. The highest BCUT2D eigenvalue weighted by Crippen LogP contribution is 1.96. The van der Waals surface area contributed by atoms with Crippen LogP contribution >= 0.6 is 0 Å². The van der Waals surface area contributed by atoms with Crippen molar-refractivity contribution in [2.75, 3.05) is 13.2 Å². The summed E-state index contributed by atoms with van der Waals surface area (Å²) in [6, 6.07) is -0.961. The summed E-state index contributed by atoms with van der Waals surface area (Å²) in [6.07, 6.45) is -0.401. The fourth-order valence-corrected chi connectivity index (χ4v) is 0.793. The third-order valence-electron chi connectivity index (χ3n) is 1.55. The van der Waals surface area contributed by atoms with Crippen LogP contribution in [0.3, 0.4) is 0 Å². The molecule has 0 bridgehead atoms. The van der Waals surface area contributed by atoms with Crippen LogP contribution in [0, 0.1) is 0 Å². The lowest BCUT2D eigenvalue weighted by molar-refractivity contribution is -0.150. The number of nitrogens with one attached hydrogen (secondary N) is 1. The smallest absolute Gasteiger partial charge is 0.410 e. The minimum Gasteiger partial charge on any atom is -0.448 e. The van der Waals surface area contributed by atoms with Crippen molar-refractivity contribution in [3.05, 3.63) is 0 Å². The van der Waals surface area contributed by atoms with Crippen LogP contribution in [0.5, 0.6) is 0 Å². The summed E-state index contributed by atoms with van der Waals surface area (Å²) in [7, 11) is 0. The predicted molar refractivity (Wildman–Crippen MR) is 56.7 cm³/mol. The Labute approximate surface area is 98.2 Å². The third kappa shape index (κ3) is 7.04. The van der Waals surface area contributed by atoms with E-state index in [1.165, 1.54) is 19.9 Å². The largest absolute Gasteiger partial charge is 0.448 e. The number of rotatable bonds is 6. The first-order valence-corrected chi connectivity index (χ1v) is 4.92. The average Bonchev–Trinajstić information content (AvgIpc) is 2.26. The molecule has 0 spiro atoms. The molecule has 0 saturated carbocycles. The first kappa shape index (κ1) is 15.1. The molecule has 0 aliphatic carbocycles. The second-order valence-electron chi connectivity index (χ2n) is 3.04. The molecule has 2 unspecified atom stereocenters. The van der Waals surface area contributed by atoms with Gasteiger partial charge in [-0.2, -0.15) is 4.99 Å². The van der Waals surface area contributed by atoms with Gasteiger partial charge in [-0.1, -0.05) is 0 Å². The molecule has 0 aliphatic heterocycles. The molecule has 0 aromatic carbocycles. The van der Waals surface area contributed by atoms with Gasteiger partial charge in [0.05, 0.1) is 0 Å². The summed E-state index contributed by atoms with van der Waals surface area (Å²) in [5.74, 6) is -0.750. The van der Waals surface area contributed by atoms with Gasteiger partial charge in [0, 0.05) is 6.54 Å². The van der Waals surface area contributed by atoms with Gasteiger partial charge < -0.3 is 15.2 Å². The number of aliphatic imine (C=N–C) groups is 1. The van der Waals surface area contributed by atoms with E-state index < -0.39 is 24.3 Å². The van der Waals surface area contributed by atoms with Gasteiger partial charge in [-0.25, -0.2) is 14.4 Å². The van der Waals surface area contributed by atoms with Crippen molar-refractivity contribution in [3.63, 3.8) is 0 Å². The first-order valence-electron chi connectivity index (χ1n) is 4.92. The zero-order valence-corrected chi connectivity index (χ0v) is 9.63. The molecule has 96 valence electrons. The normalized spacial score (nSPS) is 12.9. The number of hydrogen-bond donors (Lipinski definition) is 2. The summed E-state index contributed by atoms with van der Waals surface area (Å²) in [4.78, 5) is 35.3. The van der Waals surface area contributed by atoms with E-state index in [0.717, 1.165) is 0 Å². The number of carbonyl (C=O) groups excluding carboxylic acids is 3. The van der Waals surface area contributed by atoms with E-state index in [0.29, 0.717) is 0 Å². The number of carbonyl (C=O) groups is 2. The van der Waals surface area contributed by atoms with E-state index in [-0.39, 0.29) is 13.2 Å². The molecule has 17 heavy (non-hydrogen) atoms. The molecule has 3 N–H and O–H groups in total. The lowest BCUT2D eigenvalue weighted by atomic mass is 10.4. The molecule has 0 fully saturated rings. The Morgan fingerprint density at radius 1 is 1.47 bits per heavy atom. The van der Waals surface area contributed by atoms with Crippen molar-refractivity contribution >= 4 is 18.1 Å². The van der Waals surface area contributed by atoms with Crippen LogP contribution in [0.4, 0.5) is 4.79 Å². The van der Waals surface area contributed by atoms with Crippen LogP contribution < -0.4 is 11.1 Å². The Balaban J connectivity index is 4.00. The second kappa shape index (κ2) is 8.26. The maximum atomic E-state index is 11.2. The van der Waals surface area contributed by atoms with E-state index in [9.17, 15) is 14.4 Å². The number of esters is 1. The Bertz CT molecular complexity index is 314. The van der Waals surface area contributed by atoms with Crippen molar-refractivity contribution in [2.24, 2.45) is 10.7 Å². The van der Waals surface area contributed by atoms with E-state index >= 15 is 0 Å². The van der Waals surface area contributed by atoms with E-state index in [4.69, 9.17) is 10.5 Å². The van der Waals surface area contributed by atoms with Gasteiger partial charge in [0.1, 0.15) is 6.61 Å². The molecule has 0 aromatic heterocycles. The van der Waals surface area contributed by atoms with Crippen molar-refractivity contribution in [2.45, 2.75) is 26.1 Å². The zero-order chi connectivity index (χ0) is 13.3. The third-order valence-corrected chi connectivity index (χ3v) is 1.55. The Kier molecular flexibility index (Phi) is 7.32. The highest BCUT2D eigenvalue weighted by molar-refractivity contribution is 5.77. The number of alkyl carbamates (subject to hydrolysis) is 1. The van der Waals surface area contributed by atoms with Crippen LogP contribution in [-0.4, -0.2) is 43.6 Å². The van der Waals surface area contributed by atoms with Crippen molar-refractivity contribution < 1.29 is 23.9 Å². The maximum absolute atomic E-state index is 11.2. The molecule has 0 aliphatic rings. The predicted octanol–water partition coefficient (Wildman–Crippen LogP) is -0.715. The monoisotopic (exact) mass is 245 g/mol. The number of amides is 1. The van der Waals surface area contributed by atoms with Crippen LogP contribution in [0.2, 0.25) is 0 Å². The van der Waals surface area contributed by atoms with Gasteiger partial charge in [0.2, 0.25) is 6.08 Å². The van der Waals surface area contributed by atoms with E-state index in [2.05, 4.69) is 15.0 Å². The highest BCUT2D eigenvalue weighted by atomic mass is 16.6. The summed E-state index contributed by atoms with van der Waals surface area (Å²) in [5.41, 5.74) is 5.12. The van der Waals surface area contributed by atoms with E-state index in [1.807, 2.05) is 0 Å². The van der Waals surface area contributed by atoms with Crippen LogP contribution in [-0.2, 0) is 19.1 Å². The first-order chi connectivity index (χ1) is 8.01. The molecule has 0 aromatic rings. The molecular weight excluding hydrogens is 230 g/mol. The highest BCUT2D eigenvalue weighted by Gasteiger charge is 2.18. The SMILES string of the molecule is CC(NC(=O)OCCN)OC(=O)C(C)N=C=O. The van der Waals surface area contributed by atoms with Gasteiger partial charge in [0.15, 0.2) is 12.3 Å². The fraction of sp³-hybridized carbons (Fsp3) is 0.667. The molecule has 0 radical (unpaired) electrons. The molecule has 8 nitrogen and oxygen atoms in total. The lowest BCUT2D eigenvalue weighted by Gasteiger charge is -2.15. The molecular formula is C9H15N3O5. The van der Waals surface area contributed by atoms with Gasteiger partial charge >= 0.3 is 12.1 Å². The van der Waals surface area contributed by atoms with Gasteiger partial charge in [-0.05, 0) is 13.8 Å². The summed E-state index contributed by atoms with van der Waals surface area (Å²) < 4.78 is 9.36. The Morgan fingerprint density at radius 3 is 2.65 bits per heavy atom. The van der Waals surface area contributed by atoms with Gasteiger partial charge in [-0.3, -0.25) is 5.32 Å². The Morgan fingerprint density at radius 2 is 2.12 bits per heavy atom. The van der Waals surface area contributed by atoms with Crippen LogP contribution in [0.15, 0.2) is 4.99 Å². The second-order valence-corrected chi connectivity index (χ2v) is 3.04. The minimum absolute atomic E-state index is 0.0678. The van der Waals surface area contributed by atoms with Crippen LogP contribution in [0.25, 0.3) is 0 Å². The summed E-state index contributed by atoms with van der Waals surface area (Å²) >= 11 is 0. The van der Waals surface area contributed by atoms with Crippen molar-refractivity contribution in [1.82, 2.24) is 5.32 Å². The number of isocyanates is 1. The number of nitrogens with zero attached hydrogens (tertiary/aromatic N) is 1. The van der Waals surface area contributed by atoms with Crippen LogP contribution in [0.1, 0.15) is 13.8 Å². The fourth-order valence-electron chi connectivity index (χ4n) is 0.793. The number of hydrogen-bond acceptors (Lipinski definition) is 7. The van der Waals surface area contributed by atoms with Gasteiger partial charge in [0.25, 0.3) is 0 Å². The molecule has 0 rings (SSSR count). The quantitative estimate of drug-likeness (QED) is 0.276. The van der Waals surface area contributed by atoms with E-state index in [1.54, 1.807) is 0 Å². The summed E-state index contributed by atoms with van der Waals surface area (Å²) in [6.45, 7) is 3.07.